The molecule has 0 aliphatic heterocycles. The van der Waals surface area contributed by atoms with Gasteiger partial charge in [-0.05, 0) is 24.3 Å². The quantitative estimate of drug-likeness (QED) is 0.774. The van der Waals surface area contributed by atoms with Crippen molar-refractivity contribution >= 4 is 5.82 Å². The van der Waals surface area contributed by atoms with E-state index in [4.69, 9.17) is 16.3 Å². The summed E-state index contributed by atoms with van der Waals surface area (Å²) in [6.45, 7) is 0. The van der Waals surface area contributed by atoms with Crippen molar-refractivity contribution in [1.82, 2.24) is 9.78 Å². The standard InChI is InChI=1S/C14H9N5/c15-8-2-1-3-11-4-6-13(7-5-11)19-14(17)12(9-16)10-18-19/h4-7,10H,2,17H2. The van der Waals surface area contributed by atoms with Crippen LogP contribution in [0.3, 0.4) is 0 Å². The number of anilines is 1. The lowest BCUT2D eigenvalue weighted by molar-refractivity contribution is 0.891. The van der Waals surface area contributed by atoms with Gasteiger partial charge < -0.3 is 5.73 Å². The minimum Gasteiger partial charge on any atom is -0.382 e. The lowest BCUT2D eigenvalue weighted by Gasteiger charge is -2.03. The molecule has 0 aliphatic rings. The summed E-state index contributed by atoms with van der Waals surface area (Å²) in [5.41, 5.74) is 7.71. The average Bonchev–Trinajstić information content (AvgIpc) is 2.81. The summed E-state index contributed by atoms with van der Waals surface area (Å²) in [5, 5.41) is 21.3. The van der Waals surface area contributed by atoms with Crippen LogP contribution in [0.5, 0.6) is 0 Å². The van der Waals surface area contributed by atoms with Crippen LogP contribution in [0.1, 0.15) is 17.5 Å². The smallest absolute Gasteiger partial charge is 0.145 e. The molecule has 1 aromatic heterocycles. The first-order valence-corrected chi connectivity index (χ1v) is 5.46. The van der Waals surface area contributed by atoms with Crippen molar-refractivity contribution in [3.63, 3.8) is 0 Å². The molecule has 2 N–H and O–H groups in total. The zero-order valence-electron chi connectivity index (χ0n) is 9.96. The Morgan fingerprint density at radius 2 is 1.95 bits per heavy atom. The van der Waals surface area contributed by atoms with Gasteiger partial charge in [-0.15, -0.1) is 0 Å². The molecule has 2 rings (SSSR count). The molecule has 5 heteroatoms. The van der Waals surface area contributed by atoms with Crippen molar-refractivity contribution in [2.45, 2.75) is 6.42 Å². The third-order valence-corrected chi connectivity index (χ3v) is 2.44. The van der Waals surface area contributed by atoms with E-state index in [1.807, 2.05) is 24.3 Å². The molecule has 2 aromatic rings. The van der Waals surface area contributed by atoms with Crippen molar-refractivity contribution in [3.05, 3.63) is 41.6 Å². The van der Waals surface area contributed by atoms with E-state index in [0.29, 0.717) is 11.4 Å². The topological polar surface area (TPSA) is 91.4 Å². The van der Waals surface area contributed by atoms with Crippen LogP contribution in [-0.4, -0.2) is 9.78 Å². The van der Waals surface area contributed by atoms with E-state index in [2.05, 4.69) is 16.9 Å². The first-order valence-electron chi connectivity index (χ1n) is 5.46. The van der Waals surface area contributed by atoms with Gasteiger partial charge in [-0.3, -0.25) is 0 Å². The Morgan fingerprint density at radius 3 is 2.53 bits per heavy atom. The monoisotopic (exact) mass is 247 g/mol. The van der Waals surface area contributed by atoms with Gasteiger partial charge in [0, 0.05) is 5.56 Å². The summed E-state index contributed by atoms with van der Waals surface area (Å²) in [6.07, 6.45) is 1.63. The van der Waals surface area contributed by atoms with Crippen molar-refractivity contribution in [2.75, 3.05) is 5.73 Å². The highest BCUT2D eigenvalue weighted by Crippen LogP contribution is 2.16. The Balaban J connectivity index is 2.29. The summed E-state index contributed by atoms with van der Waals surface area (Å²) in [4.78, 5) is 0. The van der Waals surface area contributed by atoms with Crippen LogP contribution in [0.2, 0.25) is 0 Å². The van der Waals surface area contributed by atoms with E-state index in [1.54, 1.807) is 12.1 Å². The Hall–Kier alpha value is -3.23. The molecule has 0 saturated heterocycles. The highest BCUT2D eigenvalue weighted by molar-refractivity contribution is 5.53. The number of benzene rings is 1. The molecule has 90 valence electrons. The molecule has 0 spiro atoms. The first kappa shape index (κ1) is 12.2. The third-order valence-electron chi connectivity index (χ3n) is 2.44. The molecule has 0 fully saturated rings. The second kappa shape index (κ2) is 5.40. The Labute approximate surface area is 110 Å². The van der Waals surface area contributed by atoms with E-state index in [-0.39, 0.29) is 6.42 Å². The fourth-order valence-electron chi connectivity index (χ4n) is 1.52. The van der Waals surface area contributed by atoms with Gasteiger partial charge in [0.25, 0.3) is 0 Å². The Kier molecular flexibility index (Phi) is 3.48. The molecule has 1 heterocycles. The zero-order valence-corrected chi connectivity index (χ0v) is 9.96. The number of aromatic nitrogens is 2. The van der Waals surface area contributed by atoms with Gasteiger partial charge in [0.05, 0.1) is 24.4 Å². The van der Waals surface area contributed by atoms with E-state index < -0.39 is 0 Å². The molecule has 5 nitrogen and oxygen atoms in total. The molecule has 0 radical (unpaired) electrons. The Morgan fingerprint density at radius 1 is 1.21 bits per heavy atom. The number of rotatable bonds is 1. The van der Waals surface area contributed by atoms with Gasteiger partial charge in [0.15, 0.2) is 0 Å². The van der Waals surface area contributed by atoms with Crippen molar-refractivity contribution in [1.29, 1.82) is 10.5 Å². The number of hydrogen-bond donors (Lipinski definition) is 1. The van der Waals surface area contributed by atoms with Crippen LogP contribution < -0.4 is 5.73 Å². The normalized spacial score (nSPS) is 8.95. The van der Waals surface area contributed by atoms with Gasteiger partial charge in [-0.1, -0.05) is 11.8 Å². The summed E-state index contributed by atoms with van der Waals surface area (Å²) < 4.78 is 1.49. The zero-order chi connectivity index (χ0) is 13.7. The van der Waals surface area contributed by atoms with E-state index in [0.717, 1.165) is 11.3 Å². The van der Waals surface area contributed by atoms with Crippen LogP contribution in [0.25, 0.3) is 5.69 Å². The van der Waals surface area contributed by atoms with Gasteiger partial charge in [0.2, 0.25) is 0 Å². The summed E-state index contributed by atoms with van der Waals surface area (Å²) in [5.74, 6) is 5.91. The Bertz CT molecular complexity index is 729. The highest BCUT2D eigenvalue weighted by atomic mass is 15.3. The first-order chi connectivity index (χ1) is 9.26. The van der Waals surface area contributed by atoms with E-state index in [1.165, 1.54) is 10.9 Å². The van der Waals surface area contributed by atoms with Crippen LogP contribution in [0, 0.1) is 34.5 Å². The minimum absolute atomic E-state index is 0.208. The van der Waals surface area contributed by atoms with Crippen molar-refractivity contribution in [2.24, 2.45) is 0 Å². The number of nitrogens with zero attached hydrogens (tertiary/aromatic N) is 4. The number of hydrogen-bond acceptors (Lipinski definition) is 4. The highest BCUT2D eigenvalue weighted by Gasteiger charge is 2.07. The molecular weight excluding hydrogens is 238 g/mol. The number of nitriles is 2. The largest absolute Gasteiger partial charge is 0.382 e. The summed E-state index contributed by atoms with van der Waals surface area (Å²) in [7, 11) is 0. The second-order valence-electron chi connectivity index (χ2n) is 3.65. The molecule has 0 aliphatic carbocycles. The predicted octanol–water partition coefficient (Wildman–Crippen LogP) is 1.59. The van der Waals surface area contributed by atoms with Crippen LogP contribution >= 0.6 is 0 Å². The summed E-state index contributed by atoms with van der Waals surface area (Å²) in [6, 6.07) is 11.2. The molecule has 0 atom stereocenters. The maximum Gasteiger partial charge on any atom is 0.145 e. The van der Waals surface area contributed by atoms with E-state index >= 15 is 0 Å². The van der Waals surface area contributed by atoms with Crippen molar-refractivity contribution < 1.29 is 0 Å². The van der Waals surface area contributed by atoms with Gasteiger partial charge in [-0.25, -0.2) is 4.68 Å². The van der Waals surface area contributed by atoms with Crippen LogP contribution in [0.15, 0.2) is 30.5 Å². The number of nitrogens with two attached hydrogens (primary N) is 1. The lowest BCUT2D eigenvalue weighted by Crippen LogP contribution is -2.02. The lowest BCUT2D eigenvalue weighted by atomic mass is 10.2. The molecule has 0 unspecified atom stereocenters. The molecule has 0 bridgehead atoms. The maximum atomic E-state index is 8.82. The van der Waals surface area contributed by atoms with Crippen LogP contribution in [0.4, 0.5) is 5.82 Å². The molecule has 1 aromatic carbocycles. The SMILES string of the molecule is N#CCC#Cc1ccc(-n2ncc(C#N)c2N)cc1. The molecule has 19 heavy (non-hydrogen) atoms. The van der Waals surface area contributed by atoms with E-state index in [9.17, 15) is 0 Å². The van der Waals surface area contributed by atoms with Crippen LogP contribution in [-0.2, 0) is 0 Å². The minimum atomic E-state index is 0.208. The number of nitrogen functional groups attached to an aromatic ring is 1. The molecule has 0 amide bonds. The predicted molar refractivity (Wildman–Crippen MR) is 69.8 cm³/mol. The average molecular weight is 247 g/mol. The molecular formula is C14H9N5. The fraction of sp³-hybridized carbons (Fsp3) is 0.0714. The second-order valence-corrected chi connectivity index (χ2v) is 3.65. The van der Waals surface area contributed by atoms with Gasteiger partial charge >= 0.3 is 0 Å². The van der Waals surface area contributed by atoms with Crippen molar-refractivity contribution in [3.8, 4) is 29.7 Å². The molecule has 0 saturated carbocycles. The maximum absolute atomic E-state index is 8.82. The fourth-order valence-corrected chi connectivity index (χ4v) is 1.52. The third kappa shape index (κ3) is 2.54. The van der Waals surface area contributed by atoms with Gasteiger partial charge in [0.1, 0.15) is 17.5 Å². The summed E-state index contributed by atoms with van der Waals surface area (Å²) >= 11 is 0. The van der Waals surface area contributed by atoms with Gasteiger partial charge in [-0.2, -0.15) is 15.6 Å².